The van der Waals surface area contributed by atoms with Gasteiger partial charge in [0.05, 0.1) is 23.9 Å². The molecule has 0 aliphatic rings. The van der Waals surface area contributed by atoms with Crippen molar-refractivity contribution in [3.8, 4) is 0 Å². The fraction of sp³-hybridized carbons (Fsp3) is 0.150. The Morgan fingerprint density at radius 3 is 2.55 bits per heavy atom. The Labute approximate surface area is 172 Å². The molecule has 9 heteroatoms. The van der Waals surface area contributed by atoms with E-state index in [0.717, 1.165) is 0 Å². The summed E-state index contributed by atoms with van der Waals surface area (Å²) in [4.78, 5) is 12.4. The normalized spacial score (nSPS) is 12.5. The molecule has 152 valence electrons. The molecule has 6 nitrogen and oxygen atoms in total. The summed E-state index contributed by atoms with van der Waals surface area (Å²) < 4.78 is 45.7. The van der Waals surface area contributed by atoms with Crippen LogP contribution in [0.15, 0.2) is 70.2 Å². The summed E-state index contributed by atoms with van der Waals surface area (Å²) in [6.07, 6.45) is 1.43. The van der Waals surface area contributed by atoms with Crippen LogP contribution in [0.25, 0.3) is 0 Å². The maximum atomic E-state index is 13.1. The Kier molecular flexibility index (Phi) is 6.36. The molecule has 0 aliphatic carbocycles. The number of hydrogen-bond acceptors (Lipinski definition) is 4. The maximum absolute atomic E-state index is 13.1. The van der Waals surface area contributed by atoms with Crippen molar-refractivity contribution < 1.29 is 22.0 Å². The number of halogens is 2. The lowest BCUT2D eigenvalue weighted by Crippen LogP contribution is -2.27. The average molecular weight is 437 g/mol. The molecule has 0 fully saturated rings. The SMILES string of the molecule is CC(NC(=O)c1ccc(Cl)c(S(=O)(=O)NCc2ccco2)c1)c1ccc(F)cc1. The van der Waals surface area contributed by atoms with E-state index >= 15 is 0 Å². The van der Waals surface area contributed by atoms with E-state index in [9.17, 15) is 17.6 Å². The van der Waals surface area contributed by atoms with E-state index in [4.69, 9.17) is 16.0 Å². The lowest BCUT2D eigenvalue weighted by Gasteiger charge is -2.15. The molecule has 0 saturated heterocycles. The van der Waals surface area contributed by atoms with Gasteiger partial charge in [-0.15, -0.1) is 0 Å². The number of rotatable bonds is 7. The Hall–Kier alpha value is -2.68. The summed E-state index contributed by atoms with van der Waals surface area (Å²) in [7, 11) is -3.97. The zero-order chi connectivity index (χ0) is 21.0. The van der Waals surface area contributed by atoms with Crippen molar-refractivity contribution in [3.05, 3.63) is 88.6 Å². The maximum Gasteiger partial charge on any atom is 0.251 e. The van der Waals surface area contributed by atoms with E-state index < -0.39 is 22.0 Å². The molecule has 1 atom stereocenters. The summed E-state index contributed by atoms with van der Waals surface area (Å²) in [6, 6.07) is 12.6. The molecule has 2 N–H and O–H groups in total. The number of carbonyl (C=O) groups is 1. The fourth-order valence-corrected chi connectivity index (χ4v) is 4.14. The molecular formula is C20H18ClFN2O4S. The number of nitrogens with one attached hydrogen (secondary N) is 2. The molecule has 0 saturated carbocycles. The van der Waals surface area contributed by atoms with Crippen molar-refractivity contribution in [2.45, 2.75) is 24.4 Å². The first-order valence-electron chi connectivity index (χ1n) is 8.64. The minimum absolute atomic E-state index is 0.0138. The van der Waals surface area contributed by atoms with Crippen LogP contribution in [0.1, 0.15) is 34.6 Å². The van der Waals surface area contributed by atoms with E-state index in [1.165, 1.54) is 36.6 Å². The summed E-state index contributed by atoms with van der Waals surface area (Å²) in [5.41, 5.74) is 0.836. The predicted octanol–water partition coefficient (Wildman–Crippen LogP) is 4.04. The highest BCUT2D eigenvalue weighted by atomic mass is 35.5. The van der Waals surface area contributed by atoms with Gasteiger partial charge in [0.25, 0.3) is 5.91 Å². The minimum atomic E-state index is -3.97. The Balaban J connectivity index is 1.76. The van der Waals surface area contributed by atoms with Gasteiger partial charge in [-0.3, -0.25) is 4.79 Å². The van der Waals surface area contributed by atoms with Gasteiger partial charge in [-0.05, 0) is 55.0 Å². The number of hydrogen-bond donors (Lipinski definition) is 2. The molecule has 1 heterocycles. The Bertz CT molecular complexity index is 1100. The van der Waals surface area contributed by atoms with Gasteiger partial charge in [-0.2, -0.15) is 0 Å². The lowest BCUT2D eigenvalue weighted by molar-refractivity contribution is 0.0939. The molecule has 1 unspecified atom stereocenters. The van der Waals surface area contributed by atoms with Crippen LogP contribution in [0.4, 0.5) is 4.39 Å². The van der Waals surface area contributed by atoms with Crippen molar-refractivity contribution in [1.29, 1.82) is 0 Å². The summed E-state index contributed by atoms with van der Waals surface area (Å²) in [5.74, 6) is -0.422. The third-order valence-corrected chi connectivity index (χ3v) is 6.10. The fourth-order valence-electron chi connectivity index (χ4n) is 2.62. The van der Waals surface area contributed by atoms with Gasteiger partial charge in [-0.1, -0.05) is 23.7 Å². The van der Waals surface area contributed by atoms with E-state index in [1.807, 2.05) is 0 Å². The molecule has 1 amide bonds. The van der Waals surface area contributed by atoms with Gasteiger partial charge in [0.1, 0.15) is 16.5 Å². The van der Waals surface area contributed by atoms with Crippen molar-refractivity contribution in [2.24, 2.45) is 0 Å². The van der Waals surface area contributed by atoms with Crippen molar-refractivity contribution >= 4 is 27.5 Å². The zero-order valence-electron chi connectivity index (χ0n) is 15.4. The first-order valence-corrected chi connectivity index (χ1v) is 10.5. The molecule has 2 aromatic carbocycles. The van der Waals surface area contributed by atoms with Gasteiger partial charge in [0.15, 0.2) is 0 Å². The van der Waals surface area contributed by atoms with E-state index in [-0.39, 0.29) is 27.8 Å². The van der Waals surface area contributed by atoms with E-state index in [1.54, 1.807) is 31.2 Å². The molecule has 1 aromatic heterocycles. The van der Waals surface area contributed by atoms with Crippen LogP contribution < -0.4 is 10.0 Å². The molecule has 0 radical (unpaired) electrons. The first-order chi connectivity index (χ1) is 13.8. The summed E-state index contributed by atoms with van der Waals surface area (Å²) in [5, 5.41) is 2.74. The number of furan rings is 1. The highest BCUT2D eigenvalue weighted by Gasteiger charge is 2.21. The van der Waals surface area contributed by atoms with Gasteiger partial charge in [0.2, 0.25) is 10.0 Å². The van der Waals surface area contributed by atoms with Crippen LogP contribution in [0, 0.1) is 5.82 Å². The minimum Gasteiger partial charge on any atom is -0.468 e. The monoisotopic (exact) mass is 436 g/mol. The molecule has 29 heavy (non-hydrogen) atoms. The second kappa shape index (κ2) is 8.77. The highest BCUT2D eigenvalue weighted by Crippen LogP contribution is 2.23. The molecule has 3 aromatic rings. The highest BCUT2D eigenvalue weighted by molar-refractivity contribution is 7.89. The van der Waals surface area contributed by atoms with Gasteiger partial charge in [0, 0.05) is 5.56 Å². The largest absolute Gasteiger partial charge is 0.468 e. The first kappa shape index (κ1) is 21.0. The van der Waals surface area contributed by atoms with Crippen LogP contribution in [-0.4, -0.2) is 14.3 Å². The number of amides is 1. The quantitative estimate of drug-likeness (QED) is 0.585. The van der Waals surface area contributed by atoms with Crippen molar-refractivity contribution in [3.63, 3.8) is 0 Å². The van der Waals surface area contributed by atoms with E-state index in [2.05, 4.69) is 10.0 Å². The number of sulfonamides is 1. The van der Waals surface area contributed by atoms with E-state index in [0.29, 0.717) is 11.3 Å². The molecule has 0 aliphatic heterocycles. The topological polar surface area (TPSA) is 88.4 Å². The number of benzene rings is 2. The third kappa shape index (κ3) is 5.23. The van der Waals surface area contributed by atoms with Gasteiger partial charge in [-0.25, -0.2) is 17.5 Å². The predicted molar refractivity (Wildman–Crippen MR) is 106 cm³/mol. The third-order valence-electron chi connectivity index (χ3n) is 4.22. The smallest absolute Gasteiger partial charge is 0.251 e. The second-order valence-corrected chi connectivity index (χ2v) is 8.44. The Morgan fingerprint density at radius 2 is 1.90 bits per heavy atom. The summed E-state index contributed by atoms with van der Waals surface area (Å²) >= 11 is 6.05. The van der Waals surface area contributed by atoms with Crippen LogP contribution >= 0.6 is 11.6 Å². The van der Waals surface area contributed by atoms with Crippen molar-refractivity contribution in [1.82, 2.24) is 10.0 Å². The zero-order valence-corrected chi connectivity index (χ0v) is 16.9. The second-order valence-electron chi connectivity index (χ2n) is 6.30. The summed E-state index contributed by atoms with van der Waals surface area (Å²) in [6.45, 7) is 1.69. The van der Waals surface area contributed by atoms with Crippen molar-refractivity contribution in [2.75, 3.05) is 0 Å². The molecule has 3 rings (SSSR count). The number of carbonyl (C=O) groups excluding carboxylic acids is 1. The molecular weight excluding hydrogens is 419 g/mol. The van der Waals surface area contributed by atoms with Crippen LogP contribution in [0.5, 0.6) is 0 Å². The average Bonchev–Trinajstić information content (AvgIpc) is 3.21. The van der Waals surface area contributed by atoms with Gasteiger partial charge < -0.3 is 9.73 Å². The molecule has 0 bridgehead atoms. The lowest BCUT2D eigenvalue weighted by atomic mass is 10.1. The Morgan fingerprint density at radius 1 is 1.17 bits per heavy atom. The van der Waals surface area contributed by atoms with Crippen LogP contribution in [0.2, 0.25) is 5.02 Å². The molecule has 0 spiro atoms. The van der Waals surface area contributed by atoms with Gasteiger partial charge >= 0.3 is 0 Å². The van der Waals surface area contributed by atoms with Crippen LogP contribution in [-0.2, 0) is 16.6 Å². The standard InChI is InChI=1S/C20H18ClFN2O4S/c1-13(14-4-7-16(22)8-5-14)24-20(25)15-6-9-18(21)19(11-15)29(26,27)23-12-17-3-2-10-28-17/h2-11,13,23H,12H2,1H3,(H,24,25). The van der Waals surface area contributed by atoms with Crippen LogP contribution in [0.3, 0.4) is 0 Å².